The molecule has 0 radical (unpaired) electrons. The van der Waals surface area contributed by atoms with Gasteiger partial charge in [-0.2, -0.15) is 0 Å². The lowest BCUT2D eigenvalue weighted by atomic mass is 9.91. The first-order valence-corrected chi connectivity index (χ1v) is 19.8. The number of amides is 1. The van der Waals surface area contributed by atoms with Gasteiger partial charge in [0.25, 0.3) is 11.8 Å². The molecule has 0 spiro atoms. The van der Waals surface area contributed by atoms with Crippen LogP contribution >= 0.6 is 0 Å². The molecule has 1 saturated carbocycles. The minimum Gasteiger partial charge on any atom is -0.510 e. The molecule has 300 valence electrons. The molecular weight excluding hydrogens is 720 g/mol. The highest BCUT2D eigenvalue weighted by Crippen LogP contribution is 2.44. The number of aryl methyl sites for hydroxylation is 1. The summed E-state index contributed by atoms with van der Waals surface area (Å²) in [6.45, 7) is 12.9. The molecule has 0 aromatic heterocycles. The number of ether oxygens (including phenoxy) is 3. The molecule has 4 aromatic rings. The lowest BCUT2D eigenvalue weighted by Gasteiger charge is -2.25. The smallest absolute Gasteiger partial charge is 0.265 e. The summed E-state index contributed by atoms with van der Waals surface area (Å²) in [5.74, 6) is -3.04. The van der Waals surface area contributed by atoms with Crippen LogP contribution in [-0.2, 0) is 17.7 Å². The Bertz CT molecular complexity index is 2000. The van der Waals surface area contributed by atoms with Gasteiger partial charge < -0.3 is 30.0 Å². The number of hydrogen-bond acceptors (Lipinski definition) is 7. The number of nitrogens with one attached hydrogen (secondary N) is 2. The van der Waals surface area contributed by atoms with E-state index in [1.807, 2.05) is 44.2 Å². The molecule has 11 heteroatoms. The van der Waals surface area contributed by atoms with Gasteiger partial charge in [0.2, 0.25) is 0 Å². The number of alkyl halides is 2. The number of allylic oxidation sites excluding steroid dienone is 1. The number of benzene rings is 4. The monoisotopic (exact) mass is 773 g/mol. The maximum Gasteiger partial charge on any atom is 0.265 e. The molecule has 2 atom stereocenters. The summed E-state index contributed by atoms with van der Waals surface area (Å²) in [5, 5.41) is 18.9. The molecular formula is C45H54F3N3O5. The molecule has 4 aromatic carbocycles. The standard InChI is InChI=1S/C45H54F3N3O5/c1-6-40(45(5,47)48)49-32-22-28(4)41(36(46)26-32)44(53)50-37(43(52)30-16-17-30)25-31-12-9-14-34-33(31)13-10-15-35(34)42-38(55-7-2)23-29(24-39(42)56-8-3)27-51-18-11-20-54-21-19-51/h9-10,12-15,22-24,26,37,40,49,52H,6-8,11,16-21,25,27H2,1-5H3,(H,50,53)/t37-,40+/m0/s1. The topological polar surface area (TPSA) is 92.3 Å². The van der Waals surface area contributed by atoms with Crippen molar-refractivity contribution >= 4 is 22.4 Å². The van der Waals surface area contributed by atoms with E-state index in [2.05, 4.69) is 33.7 Å². The Morgan fingerprint density at radius 2 is 1.66 bits per heavy atom. The Kier molecular flexibility index (Phi) is 13.2. The van der Waals surface area contributed by atoms with Gasteiger partial charge in [0, 0.05) is 45.3 Å². The quantitative estimate of drug-likeness (QED) is 0.0977. The number of rotatable bonds is 16. The fraction of sp³-hybridized carbons (Fsp3) is 0.444. The minimum absolute atomic E-state index is 0.0719. The molecule has 0 bridgehead atoms. The SMILES string of the molecule is CCOc1cc(CN2CCCOCC2)cc(OCC)c1-c1cccc2c(C[C@H](NC(=O)c3c(C)cc(N[C@H](CC)C(C)(F)F)cc3F)C(O)=C3CC3)cccc12. The van der Waals surface area contributed by atoms with Crippen LogP contribution in [0.25, 0.3) is 21.9 Å². The zero-order valence-electron chi connectivity index (χ0n) is 33.1. The summed E-state index contributed by atoms with van der Waals surface area (Å²) in [6.07, 6.45) is 2.78. The van der Waals surface area contributed by atoms with Gasteiger partial charge in [0.15, 0.2) is 0 Å². The van der Waals surface area contributed by atoms with Gasteiger partial charge in [-0.15, -0.1) is 0 Å². The number of hydrogen-bond donors (Lipinski definition) is 3. The van der Waals surface area contributed by atoms with Crippen LogP contribution in [-0.4, -0.2) is 73.4 Å². The molecule has 6 rings (SSSR count). The molecule has 2 aliphatic rings. The van der Waals surface area contributed by atoms with E-state index in [0.717, 1.165) is 95.8 Å². The van der Waals surface area contributed by atoms with E-state index >= 15 is 4.39 Å². The van der Waals surface area contributed by atoms with Crippen molar-refractivity contribution in [3.8, 4) is 22.6 Å². The minimum atomic E-state index is -3.02. The predicted molar refractivity (Wildman–Crippen MR) is 216 cm³/mol. The third kappa shape index (κ3) is 9.61. The van der Waals surface area contributed by atoms with Crippen LogP contribution in [0.5, 0.6) is 11.5 Å². The largest absolute Gasteiger partial charge is 0.510 e. The third-order valence-corrected chi connectivity index (χ3v) is 10.5. The molecule has 1 aliphatic carbocycles. The van der Waals surface area contributed by atoms with Crippen molar-refractivity contribution in [2.45, 2.75) is 91.3 Å². The Labute approximate surface area is 328 Å². The highest BCUT2D eigenvalue weighted by Gasteiger charge is 2.33. The van der Waals surface area contributed by atoms with Gasteiger partial charge in [-0.3, -0.25) is 9.69 Å². The Morgan fingerprint density at radius 1 is 0.964 bits per heavy atom. The van der Waals surface area contributed by atoms with Crippen LogP contribution in [0.15, 0.2) is 72.0 Å². The average Bonchev–Trinajstić information content (AvgIpc) is 4.02. The molecule has 1 amide bonds. The van der Waals surface area contributed by atoms with Crippen LogP contribution < -0.4 is 20.1 Å². The molecule has 8 nitrogen and oxygen atoms in total. The van der Waals surface area contributed by atoms with Crippen LogP contribution in [0.1, 0.15) is 80.4 Å². The fourth-order valence-electron chi connectivity index (χ4n) is 7.66. The summed E-state index contributed by atoms with van der Waals surface area (Å²) in [6, 6.07) is 16.8. The lowest BCUT2D eigenvalue weighted by molar-refractivity contribution is 0.000532. The molecule has 1 aliphatic heterocycles. The van der Waals surface area contributed by atoms with Gasteiger partial charge in [-0.05, 0) is 109 Å². The molecule has 1 heterocycles. The normalized spacial score (nSPS) is 15.9. The summed E-state index contributed by atoms with van der Waals surface area (Å²) < 4.78 is 62.1. The van der Waals surface area contributed by atoms with Crippen LogP contribution in [0.3, 0.4) is 0 Å². The van der Waals surface area contributed by atoms with Gasteiger partial charge in [-0.25, -0.2) is 13.2 Å². The summed E-state index contributed by atoms with van der Waals surface area (Å²) in [4.78, 5) is 16.2. The van der Waals surface area contributed by atoms with E-state index in [4.69, 9.17) is 14.2 Å². The predicted octanol–water partition coefficient (Wildman–Crippen LogP) is 9.77. The van der Waals surface area contributed by atoms with Gasteiger partial charge in [0.1, 0.15) is 23.1 Å². The van der Waals surface area contributed by atoms with E-state index in [-0.39, 0.29) is 35.4 Å². The van der Waals surface area contributed by atoms with Crippen molar-refractivity contribution in [2.75, 3.05) is 44.8 Å². The summed E-state index contributed by atoms with van der Waals surface area (Å²) in [5.41, 5.74) is 4.83. The van der Waals surface area contributed by atoms with Gasteiger partial charge in [0.05, 0.1) is 43.0 Å². The first-order chi connectivity index (χ1) is 26.9. The number of nitrogens with zero attached hydrogens (tertiary/aromatic N) is 1. The summed E-state index contributed by atoms with van der Waals surface area (Å²) in [7, 11) is 0. The zero-order chi connectivity index (χ0) is 40.0. The third-order valence-electron chi connectivity index (χ3n) is 10.5. The number of aliphatic hydroxyl groups excluding tert-OH is 1. The lowest BCUT2D eigenvalue weighted by Crippen LogP contribution is -2.39. The Morgan fingerprint density at radius 3 is 2.30 bits per heavy atom. The molecule has 2 fully saturated rings. The van der Waals surface area contributed by atoms with E-state index in [1.165, 1.54) is 6.07 Å². The first kappa shape index (κ1) is 40.9. The fourth-order valence-corrected chi connectivity index (χ4v) is 7.66. The highest BCUT2D eigenvalue weighted by atomic mass is 19.3. The number of fused-ring (bicyclic) bond motifs is 1. The highest BCUT2D eigenvalue weighted by molar-refractivity contribution is 6.01. The van der Waals surface area contributed by atoms with Crippen LogP contribution in [0.4, 0.5) is 18.9 Å². The van der Waals surface area contributed by atoms with Crippen molar-refractivity contribution < 1.29 is 37.3 Å². The summed E-state index contributed by atoms with van der Waals surface area (Å²) >= 11 is 0. The van der Waals surface area contributed by atoms with E-state index < -0.39 is 29.7 Å². The van der Waals surface area contributed by atoms with E-state index in [1.54, 1.807) is 13.8 Å². The molecule has 1 saturated heterocycles. The van der Waals surface area contributed by atoms with Crippen LogP contribution in [0, 0.1) is 12.7 Å². The average molecular weight is 774 g/mol. The molecule has 0 unspecified atom stereocenters. The molecule has 3 N–H and O–H groups in total. The number of aliphatic hydroxyl groups is 1. The zero-order valence-corrected chi connectivity index (χ0v) is 33.1. The van der Waals surface area contributed by atoms with E-state index in [0.29, 0.717) is 32.7 Å². The maximum atomic E-state index is 15.6. The second-order valence-corrected chi connectivity index (χ2v) is 14.8. The number of carbonyl (C=O) groups excluding carboxylic acids is 1. The van der Waals surface area contributed by atoms with Crippen molar-refractivity contribution in [1.82, 2.24) is 10.2 Å². The van der Waals surface area contributed by atoms with E-state index in [9.17, 15) is 18.7 Å². The number of anilines is 1. The Balaban J connectivity index is 1.33. The number of halogens is 3. The second-order valence-electron chi connectivity index (χ2n) is 14.8. The number of carbonyl (C=O) groups is 1. The first-order valence-electron chi connectivity index (χ1n) is 19.8. The van der Waals surface area contributed by atoms with Crippen LogP contribution in [0.2, 0.25) is 0 Å². The van der Waals surface area contributed by atoms with Gasteiger partial charge >= 0.3 is 0 Å². The maximum absolute atomic E-state index is 15.6. The van der Waals surface area contributed by atoms with Gasteiger partial charge in [-0.1, -0.05) is 43.3 Å². The second kappa shape index (κ2) is 18.0. The van der Waals surface area contributed by atoms with Crippen molar-refractivity contribution in [3.05, 3.63) is 100 Å². The Hall–Kier alpha value is -4.74. The van der Waals surface area contributed by atoms with Crippen molar-refractivity contribution in [1.29, 1.82) is 0 Å². The van der Waals surface area contributed by atoms with Crippen molar-refractivity contribution in [2.24, 2.45) is 0 Å². The van der Waals surface area contributed by atoms with Crippen molar-refractivity contribution in [3.63, 3.8) is 0 Å². The molecule has 56 heavy (non-hydrogen) atoms.